The molecule has 5 atom stereocenters. The van der Waals surface area contributed by atoms with Gasteiger partial charge in [0.1, 0.15) is 0 Å². The Labute approximate surface area is 324 Å². The molecule has 2 saturated carbocycles. The van der Waals surface area contributed by atoms with Crippen LogP contribution in [0.5, 0.6) is 0 Å². The lowest BCUT2D eigenvalue weighted by molar-refractivity contribution is 0.118. The van der Waals surface area contributed by atoms with Crippen molar-refractivity contribution in [2.45, 2.75) is 79.1 Å². The number of benzene rings is 4. The first-order chi connectivity index (χ1) is 25.4. The lowest BCUT2D eigenvalue weighted by Gasteiger charge is -2.50. The summed E-state index contributed by atoms with van der Waals surface area (Å²) in [5.41, 5.74) is 11.4. The first-order valence-electron chi connectivity index (χ1n) is 20.2. The minimum absolute atomic E-state index is 0.0132. The van der Waals surface area contributed by atoms with E-state index < -0.39 is 0 Å². The molecule has 0 radical (unpaired) electrons. The standard InChI is InChI=1S/C52H57Cl/c1-50(2,3)47-32-43-44-33-48(51(4,5)6)42(37-22-14-9-15-23-37)31-46(44)49(45(43)30-41(47)36-20-12-8-13-21-36)52(38-24-16-17-25-38,34-35-18-10-7-11-19-35)39-26-28-40(53)29-27-39/h7-15,18-23,26-33,38,43-46,49H,16-17,24-25,34H2,1-6H3. The Bertz CT molecular complexity index is 1930. The van der Waals surface area contributed by atoms with E-state index in [2.05, 4.69) is 181 Å². The van der Waals surface area contributed by atoms with Crippen molar-refractivity contribution in [3.63, 3.8) is 0 Å². The van der Waals surface area contributed by atoms with E-state index in [1.807, 2.05) is 0 Å². The Kier molecular flexibility index (Phi) is 9.60. The van der Waals surface area contributed by atoms with Crippen LogP contribution in [-0.2, 0) is 11.8 Å². The lowest BCUT2D eigenvalue weighted by Crippen LogP contribution is -2.48. The largest absolute Gasteiger partial charge is 0.0843 e. The molecule has 8 rings (SSSR count). The molecule has 0 heterocycles. The number of hydrogen-bond acceptors (Lipinski definition) is 0. The maximum Gasteiger partial charge on any atom is 0.0406 e. The van der Waals surface area contributed by atoms with Gasteiger partial charge in [0.15, 0.2) is 0 Å². The summed E-state index contributed by atoms with van der Waals surface area (Å²) in [6, 6.07) is 43.1. The monoisotopic (exact) mass is 716 g/mol. The van der Waals surface area contributed by atoms with Gasteiger partial charge < -0.3 is 0 Å². The van der Waals surface area contributed by atoms with Crippen LogP contribution < -0.4 is 0 Å². The van der Waals surface area contributed by atoms with Gasteiger partial charge in [-0.1, -0.05) is 193 Å². The van der Waals surface area contributed by atoms with Gasteiger partial charge in [-0.2, -0.15) is 0 Å². The van der Waals surface area contributed by atoms with Crippen molar-refractivity contribution in [2.75, 3.05) is 0 Å². The van der Waals surface area contributed by atoms with Crippen LogP contribution in [0.25, 0.3) is 11.1 Å². The molecule has 0 saturated heterocycles. The molecule has 4 aromatic rings. The molecule has 2 fully saturated rings. The van der Waals surface area contributed by atoms with E-state index in [1.165, 1.54) is 70.2 Å². The predicted molar refractivity (Wildman–Crippen MR) is 227 cm³/mol. The van der Waals surface area contributed by atoms with Crippen molar-refractivity contribution in [1.29, 1.82) is 0 Å². The van der Waals surface area contributed by atoms with Crippen molar-refractivity contribution in [3.05, 3.63) is 178 Å². The molecule has 4 aromatic carbocycles. The van der Waals surface area contributed by atoms with E-state index in [0.717, 1.165) is 11.4 Å². The SMILES string of the molecule is CC(C)(C)C1=CC2C3C=C(C(C)(C)C)C(c4ccccc4)=CC3C(C(Cc3ccccc3)(c3ccc(Cl)cc3)C3CCCC3)C2C=C1c1ccccc1. The molecule has 53 heavy (non-hydrogen) atoms. The van der Waals surface area contributed by atoms with Crippen LogP contribution in [0.3, 0.4) is 0 Å². The van der Waals surface area contributed by atoms with Gasteiger partial charge in [-0.05, 0) is 122 Å². The summed E-state index contributed by atoms with van der Waals surface area (Å²) in [7, 11) is 0. The zero-order valence-electron chi connectivity index (χ0n) is 32.7. The highest BCUT2D eigenvalue weighted by atomic mass is 35.5. The van der Waals surface area contributed by atoms with Crippen molar-refractivity contribution < 1.29 is 0 Å². The Hall–Kier alpha value is -3.87. The fourth-order valence-electron chi connectivity index (χ4n) is 11.2. The molecule has 5 unspecified atom stereocenters. The van der Waals surface area contributed by atoms with Gasteiger partial charge in [0, 0.05) is 10.4 Å². The van der Waals surface area contributed by atoms with Crippen molar-refractivity contribution in [3.8, 4) is 0 Å². The maximum atomic E-state index is 6.72. The van der Waals surface area contributed by atoms with Crippen molar-refractivity contribution in [2.24, 2.45) is 46.3 Å². The summed E-state index contributed by atoms with van der Waals surface area (Å²) >= 11 is 6.72. The van der Waals surface area contributed by atoms with Gasteiger partial charge in [-0.25, -0.2) is 0 Å². The number of halogens is 1. The zero-order valence-corrected chi connectivity index (χ0v) is 33.4. The van der Waals surface area contributed by atoms with E-state index in [1.54, 1.807) is 0 Å². The van der Waals surface area contributed by atoms with Gasteiger partial charge in [0.2, 0.25) is 0 Å². The zero-order chi connectivity index (χ0) is 37.0. The summed E-state index contributed by atoms with van der Waals surface area (Å²) in [4.78, 5) is 0. The number of rotatable bonds is 7. The molecule has 1 heteroatoms. The minimum Gasteiger partial charge on any atom is -0.0843 e. The first kappa shape index (κ1) is 36.1. The number of allylic oxidation sites excluding steroid dienone is 8. The minimum atomic E-state index is -0.0818. The van der Waals surface area contributed by atoms with E-state index >= 15 is 0 Å². The average Bonchev–Trinajstić information content (AvgIpc) is 3.81. The van der Waals surface area contributed by atoms with E-state index in [4.69, 9.17) is 11.6 Å². The van der Waals surface area contributed by atoms with E-state index in [0.29, 0.717) is 35.5 Å². The second kappa shape index (κ2) is 14.1. The lowest BCUT2D eigenvalue weighted by atomic mass is 9.53. The predicted octanol–water partition coefficient (Wildman–Crippen LogP) is 14.2. The molecule has 0 nitrogen and oxygen atoms in total. The summed E-state index contributed by atoms with van der Waals surface area (Å²) in [5.74, 6) is 2.51. The van der Waals surface area contributed by atoms with Crippen LogP contribution >= 0.6 is 11.6 Å². The smallest absolute Gasteiger partial charge is 0.0406 e. The molecule has 4 aliphatic rings. The third kappa shape index (κ3) is 6.65. The Morgan fingerprint density at radius 2 is 0.943 bits per heavy atom. The normalized spacial score (nSPS) is 25.8. The molecule has 0 aromatic heterocycles. The fraction of sp³-hybridized carbons (Fsp3) is 0.385. The molecule has 0 spiro atoms. The van der Waals surface area contributed by atoms with Crippen LogP contribution in [0.1, 0.15) is 89.5 Å². The Morgan fingerprint density at radius 3 is 1.38 bits per heavy atom. The van der Waals surface area contributed by atoms with Crippen LogP contribution in [0.15, 0.2) is 151 Å². The first-order valence-corrected chi connectivity index (χ1v) is 20.6. The molecular weight excluding hydrogens is 660 g/mol. The molecule has 4 aliphatic carbocycles. The van der Waals surface area contributed by atoms with Crippen LogP contribution in [0.4, 0.5) is 0 Å². The van der Waals surface area contributed by atoms with Gasteiger partial charge in [-0.15, -0.1) is 0 Å². The summed E-state index contributed by atoms with van der Waals surface area (Å²) < 4.78 is 0. The quantitative estimate of drug-likeness (QED) is 0.179. The third-order valence-electron chi connectivity index (χ3n) is 13.4. The van der Waals surface area contributed by atoms with Gasteiger partial charge in [-0.3, -0.25) is 0 Å². The van der Waals surface area contributed by atoms with Crippen LogP contribution in [-0.4, -0.2) is 0 Å². The van der Waals surface area contributed by atoms with Crippen molar-refractivity contribution in [1.82, 2.24) is 0 Å². The topological polar surface area (TPSA) is 0 Å². The highest BCUT2D eigenvalue weighted by molar-refractivity contribution is 6.30. The Morgan fingerprint density at radius 1 is 0.509 bits per heavy atom. The summed E-state index contributed by atoms with van der Waals surface area (Å²) in [6.45, 7) is 14.5. The fourth-order valence-corrected chi connectivity index (χ4v) is 11.3. The van der Waals surface area contributed by atoms with Crippen LogP contribution in [0, 0.1) is 46.3 Å². The number of fused-ring (bicyclic) bond motifs is 3. The molecule has 0 N–H and O–H groups in total. The van der Waals surface area contributed by atoms with E-state index in [-0.39, 0.29) is 16.2 Å². The molecule has 272 valence electrons. The second-order valence-corrected chi connectivity index (χ2v) is 19.0. The number of hydrogen-bond donors (Lipinski definition) is 0. The Balaban J connectivity index is 1.45. The highest BCUT2D eigenvalue weighted by Gasteiger charge is 2.60. The average molecular weight is 717 g/mol. The molecular formula is C52H57Cl. The summed E-state index contributed by atoms with van der Waals surface area (Å²) in [6.07, 6.45) is 17.3. The van der Waals surface area contributed by atoms with Gasteiger partial charge in [0.25, 0.3) is 0 Å². The van der Waals surface area contributed by atoms with Crippen molar-refractivity contribution >= 4 is 22.7 Å². The molecule has 0 bridgehead atoms. The maximum absolute atomic E-state index is 6.72. The molecule has 0 amide bonds. The second-order valence-electron chi connectivity index (χ2n) is 18.6. The molecule has 0 aliphatic heterocycles. The third-order valence-corrected chi connectivity index (χ3v) is 13.6. The van der Waals surface area contributed by atoms with E-state index in [9.17, 15) is 0 Å². The van der Waals surface area contributed by atoms with Gasteiger partial charge in [0.05, 0.1) is 0 Å². The summed E-state index contributed by atoms with van der Waals surface area (Å²) in [5, 5.41) is 0.819. The van der Waals surface area contributed by atoms with Gasteiger partial charge >= 0.3 is 0 Å². The van der Waals surface area contributed by atoms with Crippen LogP contribution in [0.2, 0.25) is 5.02 Å². The highest BCUT2D eigenvalue weighted by Crippen LogP contribution is 2.66.